The average Bonchev–Trinajstić information content (AvgIpc) is 2.52. The monoisotopic (exact) mass is 334 g/mol. The minimum absolute atomic E-state index is 0.117. The standard InChI is InChI=1S/C16H30O7/c1-2-3-4-5-6-7-8-9-10-15(21)16(22,14(19)20)13(18)12(17)11-23-15/h12-13,17-18,21-22H,2-11H2,1H3,(H,19,20)/t12-,13+,15?,16+/m1/s1. The Morgan fingerprint density at radius 2 is 1.57 bits per heavy atom. The molecule has 0 aromatic rings. The fraction of sp³-hybridized carbons (Fsp3) is 0.938. The third kappa shape index (κ3) is 4.64. The maximum absolute atomic E-state index is 11.3. The molecule has 1 fully saturated rings. The summed E-state index contributed by atoms with van der Waals surface area (Å²) in [5.41, 5.74) is -2.94. The molecule has 0 aromatic heterocycles. The first-order valence-corrected chi connectivity index (χ1v) is 8.48. The third-order valence-electron chi connectivity index (χ3n) is 4.58. The average molecular weight is 334 g/mol. The van der Waals surface area contributed by atoms with E-state index < -0.39 is 36.2 Å². The highest BCUT2D eigenvalue weighted by molar-refractivity contribution is 5.80. The molecule has 0 amide bonds. The summed E-state index contributed by atoms with van der Waals surface area (Å²) < 4.78 is 5.00. The van der Waals surface area contributed by atoms with Gasteiger partial charge in [0.05, 0.1) is 6.61 Å². The van der Waals surface area contributed by atoms with Crippen LogP contribution in [0.2, 0.25) is 0 Å². The zero-order valence-electron chi connectivity index (χ0n) is 13.8. The van der Waals surface area contributed by atoms with Crippen molar-refractivity contribution in [2.24, 2.45) is 0 Å². The third-order valence-corrected chi connectivity index (χ3v) is 4.58. The Bertz CT molecular complexity index is 375. The van der Waals surface area contributed by atoms with Gasteiger partial charge in [-0.05, 0) is 6.42 Å². The molecule has 0 bridgehead atoms. The van der Waals surface area contributed by atoms with Crippen molar-refractivity contribution < 1.29 is 35.1 Å². The van der Waals surface area contributed by atoms with E-state index >= 15 is 0 Å². The molecule has 5 N–H and O–H groups in total. The van der Waals surface area contributed by atoms with E-state index in [1.807, 2.05) is 0 Å². The van der Waals surface area contributed by atoms with Gasteiger partial charge in [0, 0.05) is 6.42 Å². The Morgan fingerprint density at radius 3 is 2.09 bits per heavy atom. The summed E-state index contributed by atoms with van der Waals surface area (Å²) in [6.07, 6.45) is 4.34. The highest BCUT2D eigenvalue weighted by atomic mass is 16.7. The van der Waals surface area contributed by atoms with Gasteiger partial charge in [-0.2, -0.15) is 0 Å². The lowest BCUT2D eigenvalue weighted by Gasteiger charge is -2.47. The predicted molar refractivity (Wildman–Crippen MR) is 82.7 cm³/mol. The largest absolute Gasteiger partial charge is 0.479 e. The normalized spacial score (nSPS) is 34.5. The summed E-state index contributed by atoms with van der Waals surface area (Å²) in [6, 6.07) is 0. The minimum Gasteiger partial charge on any atom is -0.479 e. The number of carbonyl (C=O) groups is 1. The van der Waals surface area contributed by atoms with Gasteiger partial charge in [0.1, 0.15) is 12.2 Å². The summed E-state index contributed by atoms with van der Waals surface area (Å²) in [5, 5.41) is 49.1. The molecule has 1 unspecified atom stereocenters. The van der Waals surface area contributed by atoms with Crippen molar-refractivity contribution in [2.75, 3.05) is 6.61 Å². The van der Waals surface area contributed by atoms with Crippen molar-refractivity contribution in [3.05, 3.63) is 0 Å². The van der Waals surface area contributed by atoms with Gasteiger partial charge in [0.25, 0.3) is 0 Å². The molecule has 0 aromatic carbocycles. The van der Waals surface area contributed by atoms with E-state index in [4.69, 9.17) is 4.74 Å². The Balaban J connectivity index is 2.48. The Kier molecular flexibility index (Phi) is 7.89. The second-order valence-corrected chi connectivity index (χ2v) is 6.40. The zero-order valence-corrected chi connectivity index (χ0v) is 13.8. The van der Waals surface area contributed by atoms with E-state index in [-0.39, 0.29) is 6.42 Å². The van der Waals surface area contributed by atoms with Crippen LogP contribution in [0.4, 0.5) is 0 Å². The van der Waals surface area contributed by atoms with Crippen molar-refractivity contribution in [2.45, 2.75) is 88.3 Å². The van der Waals surface area contributed by atoms with Gasteiger partial charge in [-0.15, -0.1) is 0 Å². The van der Waals surface area contributed by atoms with Crippen LogP contribution in [-0.2, 0) is 9.53 Å². The molecule has 1 aliphatic heterocycles. The fourth-order valence-corrected chi connectivity index (χ4v) is 2.99. The van der Waals surface area contributed by atoms with E-state index in [2.05, 4.69) is 6.92 Å². The van der Waals surface area contributed by atoms with Crippen LogP contribution < -0.4 is 0 Å². The molecule has 136 valence electrons. The smallest absolute Gasteiger partial charge is 0.344 e. The molecule has 1 heterocycles. The van der Waals surface area contributed by atoms with E-state index in [9.17, 15) is 30.3 Å². The lowest BCUT2D eigenvalue weighted by Crippen LogP contribution is -2.73. The van der Waals surface area contributed by atoms with Gasteiger partial charge >= 0.3 is 5.97 Å². The van der Waals surface area contributed by atoms with Gasteiger partial charge in [0.2, 0.25) is 11.4 Å². The predicted octanol–water partition coefficient (Wildman–Crippen LogP) is 0.773. The van der Waals surface area contributed by atoms with Crippen molar-refractivity contribution in [1.82, 2.24) is 0 Å². The second kappa shape index (κ2) is 8.94. The van der Waals surface area contributed by atoms with Crippen molar-refractivity contribution >= 4 is 5.97 Å². The van der Waals surface area contributed by atoms with E-state index in [0.29, 0.717) is 6.42 Å². The van der Waals surface area contributed by atoms with Crippen LogP contribution in [0.5, 0.6) is 0 Å². The van der Waals surface area contributed by atoms with Crippen LogP contribution in [0.1, 0.15) is 64.7 Å². The van der Waals surface area contributed by atoms with Crippen LogP contribution in [-0.4, -0.2) is 61.7 Å². The number of unbranched alkanes of at least 4 members (excludes halogenated alkanes) is 7. The zero-order chi connectivity index (χ0) is 17.5. The van der Waals surface area contributed by atoms with Gasteiger partial charge in [-0.1, -0.05) is 51.9 Å². The summed E-state index contributed by atoms with van der Waals surface area (Å²) in [5.74, 6) is -4.22. The molecule has 0 spiro atoms. The number of carboxylic acids is 1. The van der Waals surface area contributed by atoms with E-state index in [1.165, 1.54) is 19.3 Å². The number of ether oxygens (including phenoxy) is 1. The highest BCUT2D eigenvalue weighted by Crippen LogP contribution is 2.37. The van der Waals surface area contributed by atoms with Crippen LogP contribution in [0.25, 0.3) is 0 Å². The molecule has 1 rings (SSSR count). The van der Waals surface area contributed by atoms with E-state index in [0.717, 1.165) is 25.7 Å². The van der Waals surface area contributed by atoms with Crippen LogP contribution in [0.3, 0.4) is 0 Å². The number of hydrogen-bond donors (Lipinski definition) is 5. The molecule has 4 atom stereocenters. The molecule has 1 saturated heterocycles. The quantitative estimate of drug-likeness (QED) is 0.373. The number of hydrogen-bond acceptors (Lipinski definition) is 6. The van der Waals surface area contributed by atoms with Gasteiger partial charge < -0.3 is 30.3 Å². The summed E-state index contributed by atoms with van der Waals surface area (Å²) in [7, 11) is 0. The molecule has 7 heteroatoms. The highest BCUT2D eigenvalue weighted by Gasteiger charge is 2.65. The number of aliphatic hydroxyl groups is 4. The lowest BCUT2D eigenvalue weighted by atomic mass is 9.79. The molecule has 7 nitrogen and oxygen atoms in total. The topological polar surface area (TPSA) is 127 Å². The Labute approximate surface area is 136 Å². The number of aliphatic hydroxyl groups excluding tert-OH is 2. The lowest BCUT2D eigenvalue weighted by molar-refractivity contribution is -0.359. The first kappa shape index (κ1) is 20.3. The maximum Gasteiger partial charge on any atom is 0.344 e. The number of aliphatic carboxylic acids is 1. The molecule has 0 radical (unpaired) electrons. The fourth-order valence-electron chi connectivity index (χ4n) is 2.99. The van der Waals surface area contributed by atoms with Gasteiger partial charge in [-0.25, -0.2) is 4.79 Å². The first-order valence-electron chi connectivity index (χ1n) is 8.48. The van der Waals surface area contributed by atoms with Crippen molar-refractivity contribution in [1.29, 1.82) is 0 Å². The molecule has 23 heavy (non-hydrogen) atoms. The van der Waals surface area contributed by atoms with Crippen LogP contribution in [0.15, 0.2) is 0 Å². The van der Waals surface area contributed by atoms with Crippen LogP contribution >= 0.6 is 0 Å². The number of rotatable bonds is 10. The Morgan fingerprint density at radius 1 is 1.04 bits per heavy atom. The van der Waals surface area contributed by atoms with Crippen LogP contribution in [0, 0.1) is 0 Å². The second-order valence-electron chi connectivity index (χ2n) is 6.40. The van der Waals surface area contributed by atoms with Gasteiger partial charge in [0.15, 0.2) is 0 Å². The maximum atomic E-state index is 11.3. The molecule has 0 aliphatic carbocycles. The van der Waals surface area contributed by atoms with Crippen molar-refractivity contribution in [3.8, 4) is 0 Å². The minimum atomic E-state index is -2.94. The SMILES string of the molecule is CCCCCCCCCCC1(O)OC[C@@H](O)[C@H](O)[C@]1(O)C(=O)O. The summed E-state index contributed by atoms with van der Waals surface area (Å²) >= 11 is 0. The Hall–Kier alpha value is -0.730. The van der Waals surface area contributed by atoms with E-state index in [1.54, 1.807) is 0 Å². The molecular weight excluding hydrogens is 304 g/mol. The number of carboxylic acid groups (broad SMARTS) is 1. The molecular formula is C16H30O7. The summed E-state index contributed by atoms with van der Waals surface area (Å²) in [6.45, 7) is 1.73. The van der Waals surface area contributed by atoms with Crippen molar-refractivity contribution in [3.63, 3.8) is 0 Å². The molecule has 0 saturated carbocycles. The first-order chi connectivity index (χ1) is 10.8. The van der Waals surface area contributed by atoms with Gasteiger partial charge in [-0.3, -0.25) is 0 Å². The molecule has 1 aliphatic rings. The summed E-state index contributed by atoms with van der Waals surface area (Å²) in [4.78, 5) is 11.3.